The lowest BCUT2D eigenvalue weighted by molar-refractivity contribution is -0.124. The number of hydrogen-bond donors (Lipinski definition) is 3. The molecule has 46 heavy (non-hydrogen) atoms. The van der Waals surface area contributed by atoms with E-state index < -0.39 is 0 Å². The third kappa shape index (κ3) is 5.92. The van der Waals surface area contributed by atoms with Gasteiger partial charge in [0.05, 0.1) is 29.2 Å². The lowest BCUT2D eigenvalue weighted by Gasteiger charge is -2.62. The van der Waals surface area contributed by atoms with Crippen LogP contribution in [0.2, 0.25) is 5.02 Å². The molecule has 2 aliphatic heterocycles. The number of guanidine groups is 1. The Kier molecular flexibility index (Phi) is 8.34. The Balaban J connectivity index is 1.23. The number of carbonyl (C=O) groups is 1. The monoisotopic (exact) mass is 643 g/mol. The van der Waals surface area contributed by atoms with E-state index in [2.05, 4.69) is 41.6 Å². The van der Waals surface area contributed by atoms with E-state index in [1.807, 2.05) is 54.0 Å². The van der Waals surface area contributed by atoms with Gasteiger partial charge in [-0.2, -0.15) is 0 Å². The topological polar surface area (TPSA) is 104 Å². The molecule has 0 radical (unpaired) electrons. The number of carbonyl (C=O) groups excluding carboxylic acids is 1. The van der Waals surface area contributed by atoms with Crippen molar-refractivity contribution in [2.75, 3.05) is 19.6 Å². The molecule has 3 heterocycles. The first kappa shape index (κ1) is 31.2. The third-order valence-electron chi connectivity index (χ3n) is 11.3. The highest BCUT2D eigenvalue weighted by molar-refractivity contribution is 6.30. The second kappa shape index (κ2) is 12.3. The van der Waals surface area contributed by atoms with Crippen LogP contribution in [0.15, 0.2) is 52.3 Å². The van der Waals surface area contributed by atoms with Crippen LogP contribution in [-0.2, 0) is 17.8 Å². The van der Waals surface area contributed by atoms with Gasteiger partial charge in [-0.25, -0.2) is 9.98 Å². The van der Waals surface area contributed by atoms with Crippen molar-refractivity contribution in [3.8, 4) is 0 Å². The number of aromatic nitrogens is 2. The number of halogens is 1. The Morgan fingerprint density at radius 2 is 1.93 bits per heavy atom. The highest BCUT2D eigenvalue weighted by Gasteiger charge is 2.56. The average Bonchev–Trinajstić information content (AvgIpc) is 3.56. The van der Waals surface area contributed by atoms with Crippen LogP contribution in [0.1, 0.15) is 70.8 Å². The first-order valence-corrected chi connectivity index (χ1v) is 17.4. The Hall–Kier alpha value is -3.43. The van der Waals surface area contributed by atoms with Crippen molar-refractivity contribution in [3.05, 3.63) is 69.2 Å². The number of piperazine rings is 1. The maximum Gasteiger partial charge on any atom is 0.261 e. The van der Waals surface area contributed by atoms with Crippen LogP contribution < -0.4 is 21.5 Å². The van der Waals surface area contributed by atoms with Gasteiger partial charge in [-0.05, 0) is 105 Å². The molecule has 9 nitrogen and oxygen atoms in total. The number of aliphatic imine (C=N–C) groups is 1. The fraction of sp³-hybridized carbons (Fsp3) is 0.556. The van der Waals surface area contributed by atoms with Crippen molar-refractivity contribution < 1.29 is 4.79 Å². The van der Waals surface area contributed by atoms with E-state index >= 15 is 0 Å². The van der Waals surface area contributed by atoms with Crippen molar-refractivity contribution >= 4 is 40.1 Å². The molecular weight excluding hydrogens is 598 g/mol. The Morgan fingerprint density at radius 3 is 2.63 bits per heavy atom. The fourth-order valence-corrected chi connectivity index (χ4v) is 8.62. The molecule has 3 saturated carbocycles. The maximum atomic E-state index is 14.0. The lowest BCUT2D eigenvalue weighted by atomic mass is 9.45. The second-order valence-corrected chi connectivity index (χ2v) is 15.1. The number of nitrogens with one attached hydrogen (secondary N) is 3. The molecule has 3 N–H and O–H groups in total. The second-order valence-electron chi connectivity index (χ2n) is 14.6. The highest BCUT2D eigenvalue weighted by atomic mass is 35.5. The molecule has 2 bridgehead atoms. The van der Waals surface area contributed by atoms with Gasteiger partial charge in [0, 0.05) is 30.2 Å². The van der Waals surface area contributed by atoms with Crippen molar-refractivity contribution in [1.82, 2.24) is 30.4 Å². The molecule has 0 unspecified atom stereocenters. The van der Waals surface area contributed by atoms with Crippen molar-refractivity contribution in [2.45, 2.75) is 84.5 Å². The molecule has 8 rings (SSSR count). The van der Waals surface area contributed by atoms with Gasteiger partial charge in [0.15, 0.2) is 5.96 Å². The van der Waals surface area contributed by atoms with Gasteiger partial charge in [0.2, 0.25) is 5.91 Å². The highest BCUT2D eigenvalue weighted by Crippen LogP contribution is 2.61. The molecule has 1 aromatic heterocycles. The summed E-state index contributed by atoms with van der Waals surface area (Å²) in [5.74, 6) is 3.40. The largest absolute Gasteiger partial charge is 0.353 e. The van der Waals surface area contributed by atoms with Crippen LogP contribution in [0.5, 0.6) is 0 Å². The van der Waals surface area contributed by atoms with E-state index in [1.54, 1.807) is 0 Å². The standard InChI is InChI=1S/C36H46ClN7O2/c1-21-19-43(20-32(45)39-21)35(42-30-17-24-16-28(22(30)2)36(24,3)4)40-26-11-12-27-31(18-26)41-33(29-6-5-14-38-29)44(34(27)46)15-13-23-7-9-25(37)10-8-23/h7-12,18,21-22,24,28-30,38H,5-6,13-17,19-20H2,1-4H3,(H,39,45)(H,40,42)/t21-,22+,24-,28-,29-,30-/m0/s1. The zero-order valence-electron chi connectivity index (χ0n) is 27.4. The molecule has 0 spiro atoms. The Morgan fingerprint density at radius 1 is 1.13 bits per heavy atom. The van der Waals surface area contributed by atoms with Crippen LogP contribution in [0.3, 0.4) is 0 Å². The molecule has 3 aromatic rings. The van der Waals surface area contributed by atoms with E-state index in [0.29, 0.717) is 64.6 Å². The van der Waals surface area contributed by atoms with Crippen molar-refractivity contribution in [1.29, 1.82) is 0 Å². The molecule has 10 heteroatoms. The smallest absolute Gasteiger partial charge is 0.261 e. The molecule has 6 atom stereocenters. The predicted molar refractivity (Wildman–Crippen MR) is 183 cm³/mol. The maximum absolute atomic E-state index is 14.0. The molecule has 1 amide bonds. The van der Waals surface area contributed by atoms with E-state index in [-0.39, 0.29) is 30.1 Å². The van der Waals surface area contributed by atoms with Crippen LogP contribution in [0.25, 0.3) is 10.9 Å². The average molecular weight is 644 g/mol. The van der Waals surface area contributed by atoms with Crippen molar-refractivity contribution in [2.24, 2.45) is 28.2 Å². The zero-order valence-corrected chi connectivity index (χ0v) is 28.1. The number of rotatable bonds is 6. The van der Waals surface area contributed by atoms with Crippen molar-refractivity contribution in [3.63, 3.8) is 0 Å². The van der Waals surface area contributed by atoms with Crippen LogP contribution in [-0.4, -0.2) is 58.0 Å². The Labute approximate surface area is 276 Å². The fourth-order valence-electron chi connectivity index (χ4n) is 8.49. The minimum absolute atomic E-state index is 0.00181. The summed E-state index contributed by atoms with van der Waals surface area (Å²) >= 11 is 6.10. The SMILES string of the molecule is C[C@H]1[C@@H](NC(=Nc2ccc3c(=O)n(CCc4ccc(Cl)cc4)c([C@@H]4CCCN4)nc3c2)N2CC(=O)N[C@@H](C)C2)C[C@@H]2C[C@@H]1C2(C)C. The number of fused-ring (bicyclic) bond motifs is 3. The van der Waals surface area contributed by atoms with Crippen LogP contribution >= 0.6 is 11.6 Å². The molecular formula is C36H46ClN7O2. The summed E-state index contributed by atoms with van der Waals surface area (Å²) in [6.45, 7) is 11.6. The quantitative estimate of drug-likeness (QED) is 0.253. The summed E-state index contributed by atoms with van der Waals surface area (Å²) in [4.78, 5) is 38.9. The molecule has 3 aliphatic carbocycles. The van der Waals surface area contributed by atoms with Gasteiger partial charge in [-0.1, -0.05) is 44.5 Å². The first-order chi connectivity index (χ1) is 22.1. The zero-order chi connectivity index (χ0) is 32.2. The van der Waals surface area contributed by atoms with Crippen LogP contribution in [0, 0.1) is 23.2 Å². The number of amides is 1. The summed E-state index contributed by atoms with van der Waals surface area (Å²) in [5, 5.41) is 11.7. The molecule has 5 aliphatic rings. The number of hydrogen-bond acceptors (Lipinski definition) is 5. The van der Waals surface area contributed by atoms with E-state index in [0.717, 1.165) is 48.8 Å². The predicted octanol–water partition coefficient (Wildman–Crippen LogP) is 5.19. The minimum Gasteiger partial charge on any atom is -0.353 e. The summed E-state index contributed by atoms with van der Waals surface area (Å²) in [6, 6.07) is 13.8. The van der Waals surface area contributed by atoms with Gasteiger partial charge in [0.1, 0.15) is 5.82 Å². The van der Waals surface area contributed by atoms with Crippen LogP contribution in [0.4, 0.5) is 5.69 Å². The van der Waals surface area contributed by atoms with Gasteiger partial charge < -0.3 is 20.9 Å². The molecule has 244 valence electrons. The molecule has 2 saturated heterocycles. The summed E-state index contributed by atoms with van der Waals surface area (Å²) in [7, 11) is 0. The van der Waals surface area contributed by atoms with Gasteiger partial charge in [-0.3, -0.25) is 14.2 Å². The van der Waals surface area contributed by atoms with E-state index in [4.69, 9.17) is 21.6 Å². The van der Waals surface area contributed by atoms with E-state index in [9.17, 15) is 9.59 Å². The van der Waals surface area contributed by atoms with Gasteiger partial charge in [-0.15, -0.1) is 0 Å². The molecule has 5 fully saturated rings. The minimum atomic E-state index is -0.0315. The third-order valence-corrected chi connectivity index (χ3v) is 11.6. The molecule has 2 aromatic carbocycles. The normalized spacial score (nSPS) is 29.0. The number of nitrogens with zero attached hydrogens (tertiary/aromatic N) is 4. The number of benzene rings is 2. The van der Waals surface area contributed by atoms with Gasteiger partial charge in [0.25, 0.3) is 5.56 Å². The lowest BCUT2D eigenvalue weighted by Crippen LogP contribution is -2.63. The van der Waals surface area contributed by atoms with Gasteiger partial charge >= 0.3 is 0 Å². The summed E-state index contributed by atoms with van der Waals surface area (Å²) < 4.78 is 1.85. The summed E-state index contributed by atoms with van der Waals surface area (Å²) in [5.41, 5.74) is 2.84. The summed E-state index contributed by atoms with van der Waals surface area (Å²) in [6.07, 6.45) is 5.11. The number of aryl methyl sites for hydroxylation is 1. The Bertz CT molecular complexity index is 1710. The van der Waals surface area contributed by atoms with E-state index in [1.165, 1.54) is 6.42 Å². The first-order valence-electron chi connectivity index (χ1n) is 17.0.